The summed E-state index contributed by atoms with van der Waals surface area (Å²) in [5.41, 5.74) is 0. The quantitative estimate of drug-likeness (QED) is 0.509. The normalized spacial score (nSPS) is 16.1. The molecule has 0 bridgehead atoms. The van der Waals surface area contributed by atoms with E-state index in [4.69, 9.17) is 10.9 Å². The van der Waals surface area contributed by atoms with Gasteiger partial charge in [0, 0.05) is 12.4 Å². The number of imidazole rings is 1. The van der Waals surface area contributed by atoms with Gasteiger partial charge in [-0.1, -0.05) is 0 Å². The Hall–Kier alpha value is -1.49. The molecular formula is C6H8N4O. The monoisotopic (exact) mass is 152 g/mol. The van der Waals surface area contributed by atoms with Crippen LogP contribution in [0.5, 0.6) is 0 Å². The van der Waals surface area contributed by atoms with Crippen molar-refractivity contribution in [1.82, 2.24) is 14.6 Å². The van der Waals surface area contributed by atoms with E-state index in [1.165, 1.54) is 11.2 Å². The number of aliphatic hydroxyl groups excluding tert-OH is 1. The van der Waals surface area contributed by atoms with Crippen LogP contribution in [0, 0.1) is 0 Å². The molecule has 5 nitrogen and oxygen atoms in total. The average Bonchev–Trinajstić information content (AvgIpc) is 2.36. The van der Waals surface area contributed by atoms with Crippen molar-refractivity contribution >= 4 is 6.20 Å². The Morgan fingerprint density at radius 3 is 3.27 bits per heavy atom. The zero-order chi connectivity index (χ0) is 7.84. The van der Waals surface area contributed by atoms with E-state index in [9.17, 15) is 0 Å². The van der Waals surface area contributed by atoms with Crippen molar-refractivity contribution in [2.45, 2.75) is 6.54 Å². The van der Waals surface area contributed by atoms with Crippen LogP contribution in [0.2, 0.25) is 0 Å². The van der Waals surface area contributed by atoms with Gasteiger partial charge in [0.25, 0.3) is 0 Å². The third kappa shape index (κ3) is 0.857. The summed E-state index contributed by atoms with van der Waals surface area (Å²) < 4.78 is 1.73. The lowest BCUT2D eigenvalue weighted by Crippen LogP contribution is -2.33. The van der Waals surface area contributed by atoms with Crippen LogP contribution in [-0.2, 0) is 6.54 Å². The summed E-state index contributed by atoms with van der Waals surface area (Å²) in [4.78, 5) is 4.03. The lowest BCUT2D eigenvalue weighted by atomic mass is 10.5. The molecule has 5 heteroatoms. The summed E-state index contributed by atoms with van der Waals surface area (Å²) in [5, 5.41) is 10.4. The fourth-order valence-corrected chi connectivity index (χ4v) is 1.02. The second kappa shape index (κ2) is 2.00. The number of aliphatic hydroxyl groups is 1. The maximum atomic E-state index is 9.16. The zero-order valence-electron chi connectivity index (χ0n) is 5.81. The van der Waals surface area contributed by atoms with E-state index in [-0.39, 0.29) is 5.88 Å². The SMILES string of the molecule is NN1Cc2nccn2C=C1O. The van der Waals surface area contributed by atoms with Crippen LogP contribution in [-0.4, -0.2) is 19.7 Å². The standard InChI is InChI=1S/C6H8N4O/c7-10-3-5-8-1-2-9(5)4-6(10)11/h1-2,4,11H,3,7H2. The fourth-order valence-electron chi connectivity index (χ4n) is 1.02. The third-order valence-corrected chi connectivity index (χ3v) is 1.61. The molecule has 11 heavy (non-hydrogen) atoms. The fraction of sp³-hybridized carbons (Fsp3) is 0.167. The van der Waals surface area contributed by atoms with Crippen molar-refractivity contribution in [2.24, 2.45) is 5.84 Å². The van der Waals surface area contributed by atoms with Gasteiger partial charge in [-0.05, 0) is 0 Å². The molecule has 0 radical (unpaired) electrons. The molecule has 1 aliphatic heterocycles. The lowest BCUT2D eigenvalue weighted by molar-refractivity contribution is 0.189. The summed E-state index contributed by atoms with van der Waals surface area (Å²) in [6, 6.07) is 0. The van der Waals surface area contributed by atoms with Crippen molar-refractivity contribution in [2.75, 3.05) is 0 Å². The molecule has 1 aliphatic rings. The topological polar surface area (TPSA) is 67.3 Å². The third-order valence-electron chi connectivity index (χ3n) is 1.61. The van der Waals surface area contributed by atoms with Crippen LogP contribution in [0.15, 0.2) is 18.3 Å². The second-order valence-electron chi connectivity index (χ2n) is 2.37. The summed E-state index contributed by atoms with van der Waals surface area (Å²) in [6.45, 7) is 0.440. The lowest BCUT2D eigenvalue weighted by Gasteiger charge is -2.21. The Balaban J connectivity index is 2.47. The number of nitrogens with two attached hydrogens (primary N) is 1. The van der Waals surface area contributed by atoms with Gasteiger partial charge in [0.05, 0.1) is 12.7 Å². The van der Waals surface area contributed by atoms with Crippen LogP contribution >= 0.6 is 0 Å². The molecule has 0 aromatic carbocycles. The first kappa shape index (κ1) is 6.23. The Bertz CT molecular complexity index is 303. The van der Waals surface area contributed by atoms with Gasteiger partial charge in [0.2, 0.25) is 5.88 Å². The molecule has 0 spiro atoms. The molecule has 0 unspecified atom stereocenters. The first-order valence-electron chi connectivity index (χ1n) is 3.22. The van der Waals surface area contributed by atoms with Gasteiger partial charge < -0.3 is 9.67 Å². The smallest absolute Gasteiger partial charge is 0.218 e. The highest BCUT2D eigenvalue weighted by Gasteiger charge is 2.13. The zero-order valence-corrected chi connectivity index (χ0v) is 5.81. The van der Waals surface area contributed by atoms with Gasteiger partial charge in [0.15, 0.2) is 0 Å². The molecule has 3 N–H and O–H groups in total. The van der Waals surface area contributed by atoms with Gasteiger partial charge in [-0.25, -0.2) is 10.8 Å². The molecule has 0 atom stereocenters. The maximum absolute atomic E-state index is 9.16. The number of rotatable bonds is 0. The predicted octanol–water partition coefficient (Wildman–Crippen LogP) is -0.114. The highest BCUT2D eigenvalue weighted by atomic mass is 16.3. The van der Waals surface area contributed by atoms with Crippen LogP contribution in [0.1, 0.15) is 5.82 Å². The largest absolute Gasteiger partial charge is 0.493 e. The van der Waals surface area contributed by atoms with Crippen molar-refractivity contribution in [3.8, 4) is 0 Å². The summed E-state index contributed by atoms with van der Waals surface area (Å²) in [7, 11) is 0. The molecule has 0 fully saturated rings. The number of aromatic nitrogens is 2. The number of fused-ring (bicyclic) bond motifs is 1. The molecule has 1 aromatic rings. The maximum Gasteiger partial charge on any atom is 0.218 e. The van der Waals surface area contributed by atoms with Crippen molar-refractivity contribution in [3.05, 3.63) is 24.1 Å². The number of hydrazine groups is 1. The van der Waals surface area contributed by atoms with E-state index in [1.807, 2.05) is 0 Å². The molecule has 2 heterocycles. The van der Waals surface area contributed by atoms with Gasteiger partial charge >= 0.3 is 0 Å². The Morgan fingerprint density at radius 1 is 1.64 bits per heavy atom. The molecule has 0 saturated heterocycles. The van der Waals surface area contributed by atoms with Gasteiger partial charge in [-0.2, -0.15) is 0 Å². The van der Waals surface area contributed by atoms with E-state index >= 15 is 0 Å². The first-order chi connectivity index (χ1) is 5.27. The van der Waals surface area contributed by atoms with Crippen LogP contribution in [0.25, 0.3) is 6.20 Å². The number of hydrogen-bond acceptors (Lipinski definition) is 4. The Labute approximate surface area is 63.3 Å². The molecule has 0 amide bonds. The van der Waals surface area contributed by atoms with E-state index < -0.39 is 0 Å². The number of hydrogen-bond donors (Lipinski definition) is 2. The average molecular weight is 152 g/mol. The number of nitrogens with zero attached hydrogens (tertiary/aromatic N) is 3. The minimum atomic E-state index is 0.0514. The Kier molecular flexibility index (Phi) is 1.13. The second-order valence-corrected chi connectivity index (χ2v) is 2.37. The van der Waals surface area contributed by atoms with E-state index in [0.717, 1.165) is 5.82 Å². The molecular weight excluding hydrogens is 144 g/mol. The highest BCUT2D eigenvalue weighted by Crippen LogP contribution is 2.11. The molecule has 0 aliphatic carbocycles. The molecule has 58 valence electrons. The molecule has 2 rings (SSSR count). The van der Waals surface area contributed by atoms with Gasteiger partial charge in [-0.15, -0.1) is 0 Å². The highest BCUT2D eigenvalue weighted by molar-refractivity contribution is 5.30. The van der Waals surface area contributed by atoms with E-state index in [0.29, 0.717) is 6.54 Å². The van der Waals surface area contributed by atoms with Crippen molar-refractivity contribution in [3.63, 3.8) is 0 Å². The summed E-state index contributed by atoms with van der Waals surface area (Å²) >= 11 is 0. The van der Waals surface area contributed by atoms with E-state index in [1.54, 1.807) is 17.0 Å². The van der Waals surface area contributed by atoms with Gasteiger partial charge in [-0.3, -0.25) is 5.01 Å². The van der Waals surface area contributed by atoms with Crippen molar-refractivity contribution in [1.29, 1.82) is 0 Å². The Morgan fingerprint density at radius 2 is 2.45 bits per heavy atom. The minimum absolute atomic E-state index is 0.0514. The first-order valence-corrected chi connectivity index (χ1v) is 3.22. The molecule has 1 aromatic heterocycles. The van der Waals surface area contributed by atoms with Gasteiger partial charge in [0.1, 0.15) is 5.82 Å². The van der Waals surface area contributed by atoms with Crippen molar-refractivity contribution < 1.29 is 5.11 Å². The van der Waals surface area contributed by atoms with Crippen LogP contribution < -0.4 is 5.84 Å². The summed E-state index contributed by atoms with van der Waals surface area (Å²) in [6.07, 6.45) is 4.95. The van der Waals surface area contributed by atoms with Crippen LogP contribution in [0.4, 0.5) is 0 Å². The summed E-state index contributed by atoms with van der Waals surface area (Å²) in [5.74, 6) is 6.29. The van der Waals surface area contributed by atoms with E-state index in [2.05, 4.69) is 4.98 Å². The van der Waals surface area contributed by atoms with Crippen LogP contribution in [0.3, 0.4) is 0 Å². The predicted molar refractivity (Wildman–Crippen MR) is 38.9 cm³/mol. The minimum Gasteiger partial charge on any atom is -0.493 e. The molecule has 0 saturated carbocycles.